The molecule has 0 aliphatic heterocycles. The van der Waals surface area contributed by atoms with Crippen molar-refractivity contribution in [3.8, 4) is 0 Å². The molecule has 0 saturated carbocycles. The van der Waals surface area contributed by atoms with Gasteiger partial charge in [-0.15, -0.1) is 0 Å². The molecule has 0 aliphatic carbocycles. The zero-order valence-electron chi connectivity index (χ0n) is 11.9. The second-order valence-corrected chi connectivity index (χ2v) is 6.50. The minimum absolute atomic E-state index is 0.341. The summed E-state index contributed by atoms with van der Waals surface area (Å²) in [6.07, 6.45) is 1.11. The zero-order chi connectivity index (χ0) is 14.8. The van der Waals surface area contributed by atoms with Crippen molar-refractivity contribution in [1.82, 2.24) is 5.32 Å². The molecule has 5 nitrogen and oxygen atoms in total. The number of hydrogen-bond acceptors (Lipinski definition) is 3. The number of aryl methyl sites for hydroxylation is 2. The third kappa shape index (κ3) is 3.47. The molecule has 6 heteroatoms. The molecular formula is C13H20N2O3S. The van der Waals surface area contributed by atoms with Gasteiger partial charge in [0.15, 0.2) is 0 Å². The van der Waals surface area contributed by atoms with Gasteiger partial charge in [0.25, 0.3) is 0 Å². The molecule has 0 fully saturated rings. The van der Waals surface area contributed by atoms with Gasteiger partial charge in [-0.25, -0.2) is 8.42 Å². The first-order chi connectivity index (χ1) is 8.68. The Morgan fingerprint density at radius 3 is 2.37 bits per heavy atom. The second kappa shape index (κ2) is 5.61. The maximum atomic E-state index is 12.0. The largest absolute Gasteiger partial charge is 0.357 e. The lowest BCUT2D eigenvalue weighted by Gasteiger charge is -2.29. The standard InChI is InChI=1S/C13H20N2O3S/c1-9-6-7-10(2)12(8-9)15(19(5,17)18)11(3)13(16)14-4/h6-8,11H,1-5H3,(H,14,16). The van der Waals surface area contributed by atoms with Crippen LogP contribution in [0.5, 0.6) is 0 Å². The summed E-state index contributed by atoms with van der Waals surface area (Å²) in [5.41, 5.74) is 2.30. The lowest BCUT2D eigenvalue weighted by Crippen LogP contribution is -2.47. The molecule has 106 valence electrons. The number of nitrogens with zero attached hydrogens (tertiary/aromatic N) is 1. The van der Waals surface area contributed by atoms with Gasteiger partial charge in [0, 0.05) is 7.05 Å². The first-order valence-electron chi connectivity index (χ1n) is 5.96. The van der Waals surface area contributed by atoms with Gasteiger partial charge in [-0.2, -0.15) is 0 Å². The topological polar surface area (TPSA) is 66.5 Å². The Labute approximate surface area is 114 Å². The molecule has 0 bridgehead atoms. The van der Waals surface area contributed by atoms with Crippen LogP contribution in [0.2, 0.25) is 0 Å². The van der Waals surface area contributed by atoms with E-state index in [2.05, 4.69) is 5.32 Å². The lowest BCUT2D eigenvalue weighted by atomic mass is 10.1. The highest BCUT2D eigenvalue weighted by molar-refractivity contribution is 7.92. The summed E-state index contributed by atoms with van der Waals surface area (Å²) in [6.45, 7) is 5.28. The number of hydrogen-bond donors (Lipinski definition) is 1. The Hall–Kier alpha value is -1.56. The number of sulfonamides is 1. The van der Waals surface area contributed by atoms with Gasteiger partial charge in [-0.3, -0.25) is 9.10 Å². The van der Waals surface area contributed by atoms with Crippen molar-refractivity contribution in [3.63, 3.8) is 0 Å². The first-order valence-corrected chi connectivity index (χ1v) is 7.81. The lowest BCUT2D eigenvalue weighted by molar-refractivity contribution is -0.121. The fourth-order valence-corrected chi connectivity index (χ4v) is 3.17. The van der Waals surface area contributed by atoms with Crippen LogP contribution in [-0.4, -0.2) is 33.7 Å². The Balaban J connectivity index is 3.41. The monoisotopic (exact) mass is 284 g/mol. The van der Waals surface area contributed by atoms with Crippen LogP contribution < -0.4 is 9.62 Å². The predicted molar refractivity (Wildman–Crippen MR) is 76.8 cm³/mol. The Morgan fingerprint density at radius 2 is 1.89 bits per heavy atom. The molecule has 0 spiro atoms. The van der Waals surface area contributed by atoms with Gasteiger partial charge in [0.05, 0.1) is 11.9 Å². The highest BCUT2D eigenvalue weighted by atomic mass is 32.2. The quantitative estimate of drug-likeness (QED) is 0.903. The molecule has 0 heterocycles. The SMILES string of the molecule is CNC(=O)C(C)N(c1cc(C)ccc1C)S(C)(=O)=O. The Bertz CT molecular complexity index is 582. The number of carbonyl (C=O) groups excluding carboxylic acids is 1. The molecule has 1 rings (SSSR count). The van der Waals surface area contributed by atoms with Crippen molar-refractivity contribution >= 4 is 21.6 Å². The van der Waals surface area contributed by atoms with E-state index in [0.717, 1.165) is 21.7 Å². The van der Waals surface area contributed by atoms with E-state index >= 15 is 0 Å². The maximum Gasteiger partial charge on any atom is 0.243 e. The molecule has 0 aromatic heterocycles. The minimum atomic E-state index is -3.54. The second-order valence-electron chi connectivity index (χ2n) is 4.64. The van der Waals surface area contributed by atoms with Gasteiger partial charge in [-0.05, 0) is 38.0 Å². The third-order valence-electron chi connectivity index (χ3n) is 2.94. The van der Waals surface area contributed by atoms with E-state index in [1.807, 2.05) is 26.0 Å². The molecule has 0 radical (unpaired) electrons. The van der Waals surface area contributed by atoms with Crippen LogP contribution in [0.25, 0.3) is 0 Å². The zero-order valence-corrected chi connectivity index (χ0v) is 12.7. The van der Waals surface area contributed by atoms with E-state index in [1.165, 1.54) is 7.05 Å². The predicted octanol–water partition coefficient (Wildman–Crippen LogP) is 1.20. The smallest absolute Gasteiger partial charge is 0.243 e. The van der Waals surface area contributed by atoms with E-state index in [9.17, 15) is 13.2 Å². The van der Waals surface area contributed by atoms with Gasteiger partial charge in [-0.1, -0.05) is 12.1 Å². The van der Waals surface area contributed by atoms with Crippen molar-refractivity contribution in [2.45, 2.75) is 26.8 Å². The van der Waals surface area contributed by atoms with Crippen molar-refractivity contribution in [2.24, 2.45) is 0 Å². The van der Waals surface area contributed by atoms with Gasteiger partial charge in [0.2, 0.25) is 15.9 Å². The Morgan fingerprint density at radius 1 is 1.32 bits per heavy atom. The van der Waals surface area contributed by atoms with Crippen LogP contribution in [-0.2, 0) is 14.8 Å². The van der Waals surface area contributed by atoms with Crippen molar-refractivity contribution in [2.75, 3.05) is 17.6 Å². The molecule has 1 N–H and O–H groups in total. The van der Waals surface area contributed by atoms with Crippen molar-refractivity contribution < 1.29 is 13.2 Å². The summed E-state index contributed by atoms with van der Waals surface area (Å²) in [7, 11) is -2.05. The first kappa shape index (κ1) is 15.5. The summed E-state index contributed by atoms with van der Waals surface area (Å²) in [6, 6.07) is 4.74. The number of nitrogens with one attached hydrogen (secondary N) is 1. The molecule has 1 atom stereocenters. The Kier molecular flexibility index (Phi) is 4.57. The molecule has 1 aromatic rings. The van der Waals surface area contributed by atoms with Crippen molar-refractivity contribution in [3.05, 3.63) is 29.3 Å². The van der Waals surface area contributed by atoms with Crippen LogP contribution >= 0.6 is 0 Å². The fourth-order valence-electron chi connectivity index (χ4n) is 1.95. The number of benzene rings is 1. The summed E-state index contributed by atoms with van der Waals surface area (Å²) in [4.78, 5) is 11.8. The molecule has 0 aliphatic rings. The minimum Gasteiger partial charge on any atom is -0.357 e. The van der Waals surface area contributed by atoms with Crippen LogP contribution in [0.3, 0.4) is 0 Å². The summed E-state index contributed by atoms with van der Waals surface area (Å²) in [5, 5.41) is 2.48. The molecule has 0 saturated heterocycles. The molecule has 1 unspecified atom stereocenters. The van der Waals surface area contributed by atoms with E-state index in [4.69, 9.17) is 0 Å². The highest BCUT2D eigenvalue weighted by Gasteiger charge is 2.29. The molecule has 1 amide bonds. The fraction of sp³-hybridized carbons (Fsp3) is 0.462. The van der Waals surface area contributed by atoms with E-state index in [1.54, 1.807) is 13.0 Å². The van der Waals surface area contributed by atoms with Gasteiger partial charge in [0.1, 0.15) is 6.04 Å². The number of carbonyl (C=O) groups is 1. The number of amides is 1. The van der Waals surface area contributed by atoms with Crippen LogP contribution in [0, 0.1) is 13.8 Å². The average molecular weight is 284 g/mol. The van der Waals surface area contributed by atoms with Crippen molar-refractivity contribution in [1.29, 1.82) is 0 Å². The van der Waals surface area contributed by atoms with Gasteiger partial charge < -0.3 is 5.32 Å². The van der Waals surface area contributed by atoms with E-state index < -0.39 is 16.1 Å². The number of likely N-dealkylation sites (N-methyl/N-ethyl adjacent to an activating group) is 1. The number of rotatable bonds is 4. The van der Waals surface area contributed by atoms with Gasteiger partial charge >= 0.3 is 0 Å². The van der Waals surface area contributed by atoms with Crippen LogP contribution in [0.15, 0.2) is 18.2 Å². The normalized spacial score (nSPS) is 12.9. The van der Waals surface area contributed by atoms with Crippen LogP contribution in [0.4, 0.5) is 5.69 Å². The molecule has 1 aromatic carbocycles. The van der Waals surface area contributed by atoms with Crippen LogP contribution in [0.1, 0.15) is 18.1 Å². The molecule has 19 heavy (non-hydrogen) atoms. The summed E-state index contributed by atoms with van der Waals surface area (Å²) >= 11 is 0. The van der Waals surface area contributed by atoms with E-state index in [-0.39, 0.29) is 5.91 Å². The molecular weight excluding hydrogens is 264 g/mol. The third-order valence-corrected chi connectivity index (χ3v) is 4.16. The highest BCUT2D eigenvalue weighted by Crippen LogP contribution is 2.26. The average Bonchev–Trinajstić information content (AvgIpc) is 2.31. The summed E-state index contributed by atoms with van der Waals surface area (Å²) in [5.74, 6) is -0.341. The summed E-state index contributed by atoms with van der Waals surface area (Å²) < 4.78 is 25.2. The number of anilines is 1. The van der Waals surface area contributed by atoms with E-state index in [0.29, 0.717) is 5.69 Å². The maximum absolute atomic E-state index is 12.0.